The summed E-state index contributed by atoms with van der Waals surface area (Å²) < 4.78 is 14.0. The molecule has 8 heteroatoms. The lowest BCUT2D eigenvalue weighted by molar-refractivity contribution is -0.131. The van der Waals surface area contributed by atoms with Gasteiger partial charge in [-0.25, -0.2) is 4.39 Å². The zero-order valence-corrected chi connectivity index (χ0v) is 20.6. The monoisotopic (exact) mass is 485 g/mol. The van der Waals surface area contributed by atoms with E-state index in [2.05, 4.69) is 11.4 Å². The van der Waals surface area contributed by atoms with Gasteiger partial charge in [0, 0.05) is 11.9 Å². The van der Waals surface area contributed by atoms with Crippen molar-refractivity contribution in [3.8, 4) is 23.3 Å². The number of nitriles is 2. The molecule has 35 heavy (non-hydrogen) atoms. The Bertz CT molecular complexity index is 1410. The predicted octanol–water partition coefficient (Wildman–Crippen LogP) is 5.22. The summed E-state index contributed by atoms with van der Waals surface area (Å²) in [6.45, 7) is 5.56. The van der Waals surface area contributed by atoms with Crippen LogP contribution in [-0.2, 0) is 15.7 Å². The minimum atomic E-state index is -0.943. The zero-order valence-electron chi connectivity index (χ0n) is 19.8. The van der Waals surface area contributed by atoms with Gasteiger partial charge >= 0.3 is 0 Å². The summed E-state index contributed by atoms with van der Waals surface area (Å²) in [6, 6.07) is 17.8. The summed E-state index contributed by atoms with van der Waals surface area (Å²) in [7, 11) is 1.56. The van der Waals surface area contributed by atoms with Crippen LogP contribution in [0.3, 0.4) is 0 Å². The van der Waals surface area contributed by atoms with Gasteiger partial charge in [0.25, 0.3) is 0 Å². The van der Waals surface area contributed by atoms with E-state index in [-0.39, 0.29) is 17.4 Å². The molecule has 1 aromatic heterocycles. The second-order valence-electron chi connectivity index (χ2n) is 9.41. The molecule has 0 unspecified atom stereocenters. The highest BCUT2D eigenvalue weighted by Gasteiger charge is 2.49. The van der Waals surface area contributed by atoms with E-state index in [1.165, 1.54) is 28.4 Å². The van der Waals surface area contributed by atoms with Crippen LogP contribution in [0.5, 0.6) is 0 Å². The van der Waals surface area contributed by atoms with Crippen LogP contribution in [0, 0.1) is 33.9 Å². The lowest BCUT2D eigenvalue weighted by Gasteiger charge is -2.45. The second kappa shape index (κ2) is 8.65. The number of likely N-dealkylation sites (N-methyl/N-ethyl adjacent to an activating group) is 1. The van der Waals surface area contributed by atoms with E-state index in [0.29, 0.717) is 5.56 Å². The maximum atomic E-state index is 14.0. The molecule has 0 bridgehead atoms. The van der Waals surface area contributed by atoms with E-state index in [9.17, 15) is 19.7 Å². The van der Waals surface area contributed by atoms with Gasteiger partial charge in [0.05, 0.1) is 34.6 Å². The van der Waals surface area contributed by atoms with Gasteiger partial charge in [0.15, 0.2) is 5.96 Å². The average Bonchev–Trinajstić information content (AvgIpc) is 3.34. The van der Waals surface area contributed by atoms with Crippen LogP contribution in [0.15, 0.2) is 53.9 Å². The fourth-order valence-electron chi connectivity index (χ4n) is 4.37. The lowest BCUT2D eigenvalue weighted by atomic mass is 9.75. The van der Waals surface area contributed by atoms with Gasteiger partial charge in [-0.05, 0) is 72.7 Å². The Kier molecular flexibility index (Phi) is 5.96. The van der Waals surface area contributed by atoms with Crippen LogP contribution in [0.4, 0.5) is 4.39 Å². The molecule has 2 atom stereocenters. The van der Waals surface area contributed by atoms with Crippen molar-refractivity contribution in [2.45, 2.75) is 37.6 Å². The SMILES string of the molecule is CN1C(=N)N[C@](C)(c2cc(-c3cc(F)cc(C#N)c3)cs2)[C@@H](c2ccc(C(C)(C)C#N)cc2)C1=O. The molecule has 1 amide bonds. The molecule has 2 aromatic carbocycles. The number of hydrogen-bond donors (Lipinski definition) is 2. The van der Waals surface area contributed by atoms with E-state index in [1.807, 2.05) is 62.6 Å². The molecule has 2 heterocycles. The number of rotatable bonds is 4. The van der Waals surface area contributed by atoms with Gasteiger partial charge in [0.1, 0.15) is 5.82 Å². The predicted molar refractivity (Wildman–Crippen MR) is 133 cm³/mol. The van der Waals surface area contributed by atoms with Crippen LogP contribution in [0.1, 0.15) is 48.3 Å². The Hall–Kier alpha value is -4.01. The number of nitrogens with zero attached hydrogens (tertiary/aromatic N) is 3. The van der Waals surface area contributed by atoms with Gasteiger partial charge in [-0.1, -0.05) is 24.3 Å². The van der Waals surface area contributed by atoms with Crippen molar-refractivity contribution < 1.29 is 9.18 Å². The van der Waals surface area contributed by atoms with Crippen molar-refractivity contribution in [2.75, 3.05) is 7.05 Å². The van der Waals surface area contributed by atoms with Crippen LogP contribution in [0.25, 0.3) is 11.1 Å². The van der Waals surface area contributed by atoms with Crippen molar-refractivity contribution in [1.29, 1.82) is 15.9 Å². The first-order chi connectivity index (χ1) is 16.5. The van der Waals surface area contributed by atoms with E-state index in [0.717, 1.165) is 21.6 Å². The van der Waals surface area contributed by atoms with Gasteiger partial charge in [-0.15, -0.1) is 11.3 Å². The molecule has 1 aliphatic heterocycles. The lowest BCUT2D eigenvalue weighted by Crippen LogP contribution is -2.62. The normalized spacial score (nSPS) is 20.2. The number of amides is 1. The number of carbonyl (C=O) groups excluding carboxylic acids is 1. The summed E-state index contributed by atoms with van der Waals surface area (Å²) in [6.07, 6.45) is 0. The fourth-order valence-corrected chi connectivity index (χ4v) is 5.44. The molecule has 2 N–H and O–H groups in total. The minimum absolute atomic E-state index is 0.0107. The minimum Gasteiger partial charge on any atom is -0.345 e. The molecule has 3 aromatic rings. The summed E-state index contributed by atoms with van der Waals surface area (Å²) >= 11 is 1.41. The molecule has 6 nitrogen and oxygen atoms in total. The first-order valence-electron chi connectivity index (χ1n) is 11.0. The van der Waals surface area contributed by atoms with Gasteiger partial charge in [-0.3, -0.25) is 15.1 Å². The Morgan fingerprint density at radius 1 is 1.14 bits per heavy atom. The third kappa shape index (κ3) is 4.18. The number of guanidine groups is 1. The van der Waals surface area contributed by atoms with Gasteiger partial charge in [-0.2, -0.15) is 10.5 Å². The highest BCUT2D eigenvalue weighted by atomic mass is 32.1. The molecule has 0 radical (unpaired) electrons. The van der Waals surface area contributed by atoms with Crippen molar-refractivity contribution >= 4 is 23.2 Å². The molecule has 0 spiro atoms. The Labute approximate surface area is 207 Å². The Balaban J connectivity index is 1.80. The smallest absolute Gasteiger partial charge is 0.239 e. The van der Waals surface area contributed by atoms with E-state index < -0.39 is 22.7 Å². The zero-order chi connectivity index (χ0) is 25.5. The third-order valence-corrected chi connectivity index (χ3v) is 7.75. The number of halogens is 1. The highest BCUT2D eigenvalue weighted by molar-refractivity contribution is 7.10. The molecule has 4 rings (SSSR count). The maximum absolute atomic E-state index is 14.0. The Morgan fingerprint density at radius 3 is 2.46 bits per heavy atom. The topological polar surface area (TPSA) is 104 Å². The van der Waals surface area contributed by atoms with Crippen LogP contribution < -0.4 is 5.32 Å². The second-order valence-corrected chi connectivity index (χ2v) is 10.3. The van der Waals surface area contributed by atoms with Crippen molar-refractivity contribution in [3.05, 3.63) is 81.3 Å². The number of benzene rings is 2. The first-order valence-corrected chi connectivity index (χ1v) is 11.8. The van der Waals surface area contributed by atoms with E-state index in [1.54, 1.807) is 13.1 Å². The Morgan fingerprint density at radius 2 is 1.83 bits per heavy atom. The van der Waals surface area contributed by atoms with E-state index >= 15 is 0 Å². The molecular formula is C27H24FN5OS. The molecule has 1 fully saturated rings. The van der Waals surface area contributed by atoms with Gasteiger partial charge in [0.2, 0.25) is 5.91 Å². The number of thiophene rings is 1. The molecule has 0 aliphatic carbocycles. The maximum Gasteiger partial charge on any atom is 0.239 e. The fraction of sp³-hybridized carbons (Fsp3) is 0.259. The third-order valence-electron chi connectivity index (χ3n) is 6.59. The standard InChI is InChI=1S/C27H24FN5OS/c1-26(2,15-30)20-7-5-17(6-8-20)23-24(34)33(4)25(31)32-27(23,3)22-12-19(14-35-22)18-9-16(13-29)10-21(28)11-18/h5-12,14,23H,1-4H3,(H2,31,32)/t23-,27+/m0/s1. The number of nitrogens with one attached hydrogen (secondary N) is 2. The van der Waals surface area contributed by atoms with Gasteiger partial charge < -0.3 is 5.32 Å². The molecular weight excluding hydrogens is 461 g/mol. The van der Waals surface area contributed by atoms with Crippen LogP contribution >= 0.6 is 11.3 Å². The molecule has 1 aliphatic rings. The van der Waals surface area contributed by atoms with Crippen molar-refractivity contribution in [3.63, 3.8) is 0 Å². The van der Waals surface area contributed by atoms with Crippen LogP contribution in [-0.4, -0.2) is 23.8 Å². The summed E-state index contributed by atoms with van der Waals surface area (Å²) in [5, 5.41) is 32.1. The number of carbonyl (C=O) groups is 1. The summed E-state index contributed by atoms with van der Waals surface area (Å²) in [4.78, 5) is 15.6. The molecule has 1 saturated heterocycles. The summed E-state index contributed by atoms with van der Waals surface area (Å²) in [5.74, 6) is -1.38. The van der Waals surface area contributed by atoms with Crippen LogP contribution in [0.2, 0.25) is 0 Å². The number of hydrogen-bond acceptors (Lipinski definition) is 5. The van der Waals surface area contributed by atoms with Crippen molar-refractivity contribution in [2.24, 2.45) is 0 Å². The highest BCUT2D eigenvalue weighted by Crippen LogP contribution is 2.44. The van der Waals surface area contributed by atoms with E-state index in [4.69, 9.17) is 5.41 Å². The van der Waals surface area contributed by atoms with Crippen molar-refractivity contribution in [1.82, 2.24) is 10.2 Å². The molecule has 0 saturated carbocycles. The summed E-state index contributed by atoms with van der Waals surface area (Å²) in [5.41, 5.74) is 1.53. The largest absolute Gasteiger partial charge is 0.345 e. The first kappa shape index (κ1) is 24.1. The quantitative estimate of drug-likeness (QED) is 0.528. The average molecular weight is 486 g/mol. The molecule has 176 valence electrons.